The van der Waals surface area contributed by atoms with E-state index in [1.54, 1.807) is 27.5 Å². The Labute approximate surface area is 154 Å². The predicted molar refractivity (Wildman–Crippen MR) is 103 cm³/mol. The fourth-order valence-corrected chi connectivity index (χ4v) is 2.68. The number of aliphatic hydroxyl groups excluding tert-OH is 1. The summed E-state index contributed by atoms with van der Waals surface area (Å²) in [4.78, 5) is 4.38. The van der Waals surface area contributed by atoms with Crippen LogP contribution in [-0.4, -0.2) is 31.4 Å². The lowest BCUT2D eigenvalue weighted by atomic mass is 10.0. The zero-order valence-corrected chi connectivity index (χ0v) is 15.8. The third-order valence-corrected chi connectivity index (χ3v) is 3.99. The van der Waals surface area contributed by atoms with Gasteiger partial charge >= 0.3 is 0 Å². The van der Waals surface area contributed by atoms with Gasteiger partial charge in [-0.3, -0.25) is 4.98 Å². The lowest BCUT2D eigenvalue weighted by Gasteiger charge is -2.15. The molecule has 1 aromatic heterocycles. The molecule has 0 aliphatic carbocycles. The molecule has 3 rings (SSSR count). The second kappa shape index (κ2) is 9.06. The minimum atomic E-state index is -0.849. The summed E-state index contributed by atoms with van der Waals surface area (Å²) in [7, 11) is 4.79. The molecule has 138 valence electrons. The van der Waals surface area contributed by atoms with Crippen LogP contribution in [0.5, 0.6) is 17.2 Å². The molecule has 1 unspecified atom stereocenters. The number of hydrogen-bond donors (Lipinski definition) is 1. The van der Waals surface area contributed by atoms with Crippen molar-refractivity contribution >= 4 is 10.8 Å². The van der Waals surface area contributed by atoms with Crippen LogP contribution in [-0.2, 0) is 0 Å². The Hall–Kier alpha value is -2.79. The average molecular weight is 355 g/mol. The number of methoxy groups -OCH3 is 3. The smallest absolute Gasteiger partial charge is 0.161 e. The highest BCUT2D eigenvalue weighted by Gasteiger charge is 2.17. The molecule has 0 fully saturated rings. The van der Waals surface area contributed by atoms with Crippen molar-refractivity contribution in [2.75, 3.05) is 21.3 Å². The molecule has 26 heavy (non-hydrogen) atoms. The fraction of sp³-hybridized carbons (Fsp3) is 0.286. The van der Waals surface area contributed by atoms with Gasteiger partial charge < -0.3 is 19.3 Å². The average Bonchev–Trinajstić information content (AvgIpc) is 2.73. The molecule has 1 heterocycles. The van der Waals surface area contributed by atoms with Crippen LogP contribution in [0, 0.1) is 0 Å². The van der Waals surface area contributed by atoms with Gasteiger partial charge in [-0.1, -0.05) is 26.0 Å². The SMILES string of the molecule is CC.COc1ccc(C(O)c2nccc3cc(OC)c(OC)cc23)cc1. The summed E-state index contributed by atoms with van der Waals surface area (Å²) < 4.78 is 15.9. The summed E-state index contributed by atoms with van der Waals surface area (Å²) in [6, 6.07) is 12.9. The number of aliphatic hydroxyl groups is 1. The van der Waals surface area contributed by atoms with Gasteiger partial charge in [0.1, 0.15) is 11.9 Å². The van der Waals surface area contributed by atoms with Gasteiger partial charge in [-0.2, -0.15) is 0 Å². The Morgan fingerprint density at radius 3 is 2.04 bits per heavy atom. The van der Waals surface area contributed by atoms with Crippen LogP contribution in [0.25, 0.3) is 10.8 Å². The Bertz CT molecular complexity index is 847. The highest BCUT2D eigenvalue weighted by Crippen LogP contribution is 2.35. The summed E-state index contributed by atoms with van der Waals surface area (Å²) >= 11 is 0. The molecule has 0 saturated heterocycles. The normalized spacial score (nSPS) is 11.3. The number of aromatic nitrogens is 1. The maximum Gasteiger partial charge on any atom is 0.161 e. The van der Waals surface area contributed by atoms with E-state index in [4.69, 9.17) is 14.2 Å². The molecular weight excluding hydrogens is 330 g/mol. The quantitative estimate of drug-likeness (QED) is 0.736. The van der Waals surface area contributed by atoms with Crippen molar-refractivity contribution in [3.63, 3.8) is 0 Å². The third kappa shape index (κ3) is 3.89. The van der Waals surface area contributed by atoms with E-state index in [0.717, 1.165) is 22.1 Å². The number of rotatable bonds is 5. The van der Waals surface area contributed by atoms with Crippen molar-refractivity contribution in [2.45, 2.75) is 20.0 Å². The summed E-state index contributed by atoms with van der Waals surface area (Å²) in [5.41, 5.74) is 1.31. The molecule has 0 aliphatic heterocycles. The van der Waals surface area contributed by atoms with Crippen molar-refractivity contribution in [1.29, 1.82) is 0 Å². The Morgan fingerprint density at radius 1 is 0.846 bits per heavy atom. The van der Waals surface area contributed by atoms with Gasteiger partial charge in [-0.25, -0.2) is 0 Å². The Balaban J connectivity index is 0.00000117. The van der Waals surface area contributed by atoms with Gasteiger partial charge in [0.25, 0.3) is 0 Å². The zero-order valence-electron chi connectivity index (χ0n) is 15.8. The largest absolute Gasteiger partial charge is 0.497 e. The molecule has 0 radical (unpaired) electrons. The van der Waals surface area contributed by atoms with Crippen molar-refractivity contribution in [1.82, 2.24) is 4.98 Å². The number of hydrogen-bond acceptors (Lipinski definition) is 5. The van der Waals surface area contributed by atoms with Crippen LogP contribution in [0.2, 0.25) is 0 Å². The molecule has 1 atom stereocenters. The van der Waals surface area contributed by atoms with Crippen LogP contribution in [0.1, 0.15) is 31.2 Å². The van der Waals surface area contributed by atoms with E-state index in [1.807, 2.05) is 56.3 Å². The molecule has 0 spiro atoms. The van der Waals surface area contributed by atoms with Crippen LogP contribution in [0.4, 0.5) is 0 Å². The number of ether oxygens (including phenoxy) is 3. The molecule has 0 saturated carbocycles. The number of pyridine rings is 1. The third-order valence-electron chi connectivity index (χ3n) is 3.99. The van der Waals surface area contributed by atoms with E-state index >= 15 is 0 Å². The molecule has 0 bridgehead atoms. The van der Waals surface area contributed by atoms with E-state index < -0.39 is 6.10 Å². The number of nitrogens with zero attached hydrogens (tertiary/aromatic N) is 1. The number of benzene rings is 2. The molecule has 0 aliphatic rings. The maximum absolute atomic E-state index is 10.8. The lowest BCUT2D eigenvalue weighted by molar-refractivity contribution is 0.217. The molecule has 3 aromatic rings. The summed E-state index contributed by atoms with van der Waals surface area (Å²) in [5, 5.41) is 12.5. The van der Waals surface area contributed by atoms with E-state index in [9.17, 15) is 5.11 Å². The first-order valence-corrected chi connectivity index (χ1v) is 8.50. The molecule has 1 N–H and O–H groups in total. The van der Waals surface area contributed by atoms with Gasteiger partial charge in [0.05, 0.1) is 27.0 Å². The molecule has 0 amide bonds. The number of fused-ring (bicyclic) bond motifs is 1. The molecular formula is C21H25NO4. The minimum absolute atomic E-state index is 0.568. The Morgan fingerprint density at radius 2 is 1.46 bits per heavy atom. The molecule has 5 nitrogen and oxygen atoms in total. The first-order valence-electron chi connectivity index (χ1n) is 8.50. The van der Waals surface area contributed by atoms with Gasteiger partial charge in [0, 0.05) is 11.6 Å². The van der Waals surface area contributed by atoms with Gasteiger partial charge in [-0.05, 0) is 41.3 Å². The molecule has 5 heteroatoms. The van der Waals surface area contributed by atoms with E-state index in [-0.39, 0.29) is 0 Å². The summed E-state index contributed by atoms with van der Waals surface area (Å²) in [6.07, 6.45) is 0.828. The maximum atomic E-state index is 10.8. The summed E-state index contributed by atoms with van der Waals surface area (Å²) in [6.45, 7) is 4.00. The second-order valence-electron chi connectivity index (χ2n) is 5.30. The minimum Gasteiger partial charge on any atom is -0.497 e. The van der Waals surface area contributed by atoms with Crippen molar-refractivity contribution in [2.24, 2.45) is 0 Å². The highest BCUT2D eigenvalue weighted by atomic mass is 16.5. The predicted octanol–water partition coefficient (Wildman–Crippen LogP) is 4.37. The van der Waals surface area contributed by atoms with Gasteiger partial charge in [-0.15, -0.1) is 0 Å². The monoisotopic (exact) mass is 355 g/mol. The van der Waals surface area contributed by atoms with Crippen molar-refractivity contribution in [3.8, 4) is 17.2 Å². The van der Waals surface area contributed by atoms with Gasteiger partial charge in [0.2, 0.25) is 0 Å². The van der Waals surface area contributed by atoms with Crippen LogP contribution < -0.4 is 14.2 Å². The van der Waals surface area contributed by atoms with Crippen molar-refractivity contribution in [3.05, 3.63) is 59.9 Å². The summed E-state index contributed by atoms with van der Waals surface area (Å²) in [5.74, 6) is 1.98. The Kier molecular flexibility index (Phi) is 6.81. The topological polar surface area (TPSA) is 60.8 Å². The molecule has 2 aromatic carbocycles. The second-order valence-corrected chi connectivity index (χ2v) is 5.30. The van der Waals surface area contributed by atoms with E-state index in [2.05, 4.69) is 4.98 Å². The highest BCUT2D eigenvalue weighted by molar-refractivity contribution is 5.88. The fourth-order valence-electron chi connectivity index (χ4n) is 2.68. The van der Waals surface area contributed by atoms with Crippen LogP contribution >= 0.6 is 0 Å². The van der Waals surface area contributed by atoms with Gasteiger partial charge in [0.15, 0.2) is 11.5 Å². The van der Waals surface area contributed by atoms with E-state index in [0.29, 0.717) is 17.2 Å². The standard InChI is InChI=1S/C19H19NO4.C2H6/c1-22-14-6-4-12(5-7-14)19(21)18-15-11-17(24-3)16(23-2)10-13(15)8-9-20-18;1-2/h4-11,19,21H,1-3H3;1-2H3. The first kappa shape index (κ1) is 19.5. The van der Waals surface area contributed by atoms with Crippen LogP contribution in [0.3, 0.4) is 0 Å². The lowest BCUT2D eigenvalue weighted by Crippen LogP contribution is -2.04. The van der Waals surface area contributed by atoms with Crippen LogP contribution in [0.15, 0.2) is 48.7 Å². The zero-order chi connectivity index (χ0) is 19.1. The van der Waals surface area contributed by atoms with Crippen molar-refractivity contribution < 1.29 is 19.3 Å². The first-order chi connectivity index (χ1) is 12.7. The van der Waals surface area contributed by atoms with E-state index in [1.165, 1.54) is 0 Å².